The van der Waals surface area contributed by atoms with Crippen LogP contribution in [0.2, 0.25) is 0 Å². The maximum absolute atomic E-state index is 10.2. The number of aliphatic hydroxyl groups excluding tert-OH is 2. The highest BCUT2D eigenvalue weighted by Crippen LogP contribution is 2.36. The second-order valence-corrected chi connectivity index (χ2v) is 5.88. The number of hydrogen-bond donors (Lipinski definition) is 3. The number of nitrogen functional groups attached to an aromatic ring is 1. The number of halogens is 2. The Morgan fingerprint density at radius 1 is 1.33 bits per heavy atom. The Morgan fingerprint density at radius 3 is 2.81 bits per heavy atom. The van der Waals surface area contributed by atoms with Crippen molar-refractivity contribution in [2.45, 2.75) is 24.5 Å². The van der Waals surface area contributed by atoms with E-state index in [9.17, 15) is 10.2 Å². The number of rotatable bonds is 2. The van der Waals surface area contributed by atoms with E-state index < -0.39 is 24.5 Å². The molecule has 0 radical (unpaired) electrons. The summed E-state index contributed by atoms with van der Waals surface area (Å²) in [5.41, 5.74) is 6.57. The van der Waals surface area contributed by atoms with E-state index in [0.717, 1.165) is 0 Å². The molecule has 0 aromatic carbocycles. The maximum Gasteiger partial charge on any atom is 0.167 e. The summed E-state index contributed by atoms with van der Waals surface area (Å²) in [6.45, 7) is 0. The van der Waals surface area contributed by atoms with Crippen LogP contribution in [0.5, 0.6) is 0 Å². The fraction of sp³-hybridized carbons (Fsp3) is 0.364. The Hall–Kier alpha value is -1.07. The van der Waals surface area contributed by atoms with Crippen LogP contribution in [0.4, 0.5) is 5.82 Å². The summed E-state index contributed by atoms with van der Waals surface area (Å²) >= 11 is 6.42. The van der Waals surface area contributed by atoms with E-state index in [1.165, 1.54) is 17.2 Å². The smallest absolute Gasteiger partial charge is 0.167 e. The zero-order valence-electron chi connectivity index (χ0n) is 10.5. The summed E-state index contributed by atoms with van der Waals surface area (Å²) < 4.78 is 7.81. The molecule has 0 aliphatic carbocycles. The number of imidazole rings is 1. The van der Waals surface area contributed by atoms with Crippen LogP contribution in [0.15, 0.2) is 22.1 Å². The molecule has 2 aromatic rings. The molecule has 10 heteroatoms. The van der Waals surface area contributed by atoms with Gasteiger partial charge in [-0.15, -0.1) is 0 Å². The predicted molar refractivity (Wildman–Crippen MR) is 81.6 cm³/mol. The highest BCUT2D eigenvalue weighted by Gasteiger charge is 2.45. The number of fused-ring (bicyclic) bond motifs is 1. The Balaban J connectivity index is 2.02. The third-order valence-corrected chi connectivity index (χ3v) is 5.06. The van der Waals surface area contributed by atoms with Gasteiger partial charge in [-0.2, -0.15) is 0 Å². The monoisotopic (exact) mass is 419 g/mol. The molecule has 8 nitrogen and oxygen atoms in total. The zero-order chi connectivity index (χ0) is 15.1. The molecule has 0 saturated carbocycles. The summed E-state index contributed by atoms with van der Waals surface area (Å²) in [7, 11) is 0. The van der Waals surface area contributed by atoms with E-state index in [-0.39, 0.29) is 5.82 Å². The molecule has 3 heterocycles. The van der Waals surface area contributed by atoms with Crippen LogP contribution in [0.3, 0.4) is 0 Å². The third-order valence-electron chi connectivity index (χ3n) is 3.28. The topological polar surface area (TPSA) is 119 Å². The number of ether oxygens (including phenoxy) is 1. The average Bonchev–Trinajstić information content (AvgIpc) is 3.02. The molecule has 4 unspecified atom stereocenters. The van der Waals surface area contributed by atoms with Crippen LogP contribution in [-0.2, 0) is 4.74 Å². The fourth-order valence-electron chi connectivity index (χ4n) is 2.24. The van der Waals surface area contributed by atoms with Crippen LogP contribution >= 0.6 is 31.9 Å². The first-order chi connectivity index (χ1) is 10.0. The molecule has 3 rings (SSSR count). The third kappa shape index (κ3) is 2.36. The average molecular weight is 421 g/mol. The van der Waals surface area contributed by atoms with Crippen LogP contribution in [0, 0.1) is 0 Å². The normalized spacial score (nSPS) is 30.2. The first-order valence-electron chi connectivity index (χ1n) is 5.95. The number of nitrogens with two attached hydrogens (primary N) is 1. The Labute approximate surface area is 135 Å². The number of hydrogen-bond acceptors (Lipinski definition) is 7. The second kappa shape index (κ2) is 5.61. The molecular weight excluding hydrogens is 410 g/mol. The molecular formula is C11H11Br2N5O3. The van der Waals surface area contributed by atoms with Crippen molar-refractivity contribution in [2.75, 3.05) is 5.73 Å². The summed E-state index contributed by atoms with van der Waals surface area (Å²) in [5.74, 6) is 0.241. The minimum absolute atomic E-state index is 0.241. The van der Waals surface area contributed by atoms with E-state index in [1.807, 2.05) is 0 Å². The lowest BCUT2D eigenvalue weighted by molar-refractivity contribution is -0.0249. The molecule has 1 aliphatic heterocycles. The molecule has 21 heavy (non-hydrogen) atoms. The van der Waals surface area contributed by atoms with Gasteiger partial charge in [0, 0.05) is 4.48 Å². The molecule has 4 N–H and O–H groups in total. The number of nitrogens with zero attached hydrogens (tertiary/aromatic N) is 4. The molecule has 0 bridgehead atoms. The molecule has 0 amide bonds. The Bertz CT molecular complexity index is 706. The molecule has 4 atom stereocenters. The lowest BCUT2D eigenvalue weighted by Crippen LogP contribution is -2.31. The molecule has 112 valence electrons. The first-order valence-corrected chi connectivity index (χ1v) is 7.66. The maximum atomic E-state index is 10.2. The zero-order valence-corrected chi connectivity index (χ0v) is 13.6. The summed E-state index contributed by atoms with van der Waals surface area (Å²) in [6.07, 6.45) is -0.993. The number of anilines is 1. The first kappa shape index (κ1) is 14.9. The van der Waals surface area contributed by atoms with Gasteiger partial charge in [-0.3, -0.25) is 4.57 Å². The van der Waals surface area contributed by atoms with Gasteiger partial charge in [-0.1, -0.05) is 31.9 Å². The van der Waals surface area contributed by atoms with Gasteiger partial charge in [0.1, 0.15) is 30.2 Å². The standard InChI is InChI=1S/C11H11Br2N5O3/c12-1-4(13)8-6(19)7(20)11(21-8)18-3-17-5-9(14)15-2-16-10(5)18/h1-3,6-8,11,19-20H,(H2,14,15,16)/b4-1+. The van der Waals surface area contributed by atoms with Crippen molar-refractivity contribution in [3.05, 3.63) is 22.1 Å². The minimum atomic E-state index is -1.14. The van der Waals surface area contributed by atoms with Gasteiger partial charge in [0.15, 0.2) is 17.7 Å². The minimum Gasteiger partial charge on any atom is -0.387 e. The van der Waals surface area contributed by atoms with Crippen LogP contribution in [0.25, 0.3) is 11.2 Å². The van der Waals surface area contributed by atoms with Crippen LogP contribution < -0.4 is 5.73 Å². The molecule has 2 aromatic heterocycles. The predicted octanol–water partition coefficient (Wildman–Crippen LogP) is 0.659. The summed E-state index contributed by atoms with van der Waals surface area (Å²) in [4.78, 5) is 13.6. The van der Waals surface area contributed by atoms with Gasteiger partial charge in [0.2, 0.25) is 0 Å². The lowest BCUT2D eigenvalue weighted by Gasteiger charge is -2.16. The van der Waals surface area contributed by atoms with Gasteiger partial charge in [0.25, 0.3) is 0 Å². The highest BCUT2D eigenvalue weighted by molar-refractivity contribution is 9.14. The summed E-state index contributed by atoms with van der Waals surface area (Å²) in [6, 6.07) is 0. The Kier molecular flexibility index (Phi) is 3.97. The van der Waals surface area contributed by atoms with Crippen molar-refractivity contribution in [1.29, 1.82) is 0 Å². The van der Waals surface area contributed by atoms with Gasteiger partial charge in [-0.25, -0.2) is 15.0 Å². The van der Waals surface area contributed by atoms with Gasteiger partial charge < -0.3 is 20.7 Å². The summed E-state index contributed by atoms with van der Waals surface area (Å²) in [5, 5.41) is 20.3. The SMILES string of the molecule is Nc1ncnc2c1ncn2C1OC(/C(Br)=C\Br)C(O)C1O. The van der Waals surface area contributed by atoms with Crippen molar-refractivity contribution in [3.63, 3.8) is 0 Å². The van der Waals surface area contributed by atoms with Crippen molar-refractivity contribution in [3.8, 4) is 0 Å². The molecule has 1 saturated heterocycles. The van der Waals surface area contributed by atoms with E-state index in [1.54, 1.807) is 4.99 Å². The van der Waals surface area contributed by atoms with E-state index in [4.69, 9.17) is 10.5 Å². The van der Waals surface area contributed by atoms with E-state index >= 15 is 0 Å². The lowest BCUT2D eigenvalue weighted by atomic mass is 10.1. The highest BCUT2D eigenvalue weighted by atomic mass is 79.9. The van der Waals surface area contributed by atoms with Crippen molar-refractivity contribution in [1.82, 2.24) is 19.5 Å². The van der Waals surface area contributed by atoms with Crippen LogP contribution in [-0.4, -0.2) is 48.0 Å². The second-order valence-electron chi connectivity index (χ2n) is 4.51. The van der Waals surface area contributed by atoms with E-state index in [2.05, 4.69) is 46.8 Å². The fourth-order valence-corrected chi connectivity index (χ4v) is 2.87. The largest absolute Gasteiger partial charge is 0.387 e. The van der Waals surface area contributed by atoms with Crippen molar-refractivity contribution >= 4 is 48.8 Å². The van der Waals surface area contributed by atoms with E-state index in [0.29, 0.717) is 15.6 Å². The van der Waals surface area contributed by atoms with Crippen LogP contribution in [0.1, 0.15) is 6.23 Å². The van der Waals surface area contributed by atoms with Crippen molar-refractivity contribution < 1.29 is 14.9 Å². The van der Waals surface area contributed by atoms with Gasteiger partial charge >= 0.3 is 0 Å². The van der Waals surface area contributed by atoms with Gasteiger partial charge in [0.05, 0.1) is 6.33 Å². The van der Waals surface area contributed by atoms with Gasteiger partial charge in [-0.05, 0) is 4.99 Å². The molecule has 1 fully saturated rings. The molecule has 1 aliphatic rings. The molecule has 0 spiro atoms. The quantitative estimate of drug-likeness (QED) is 0.652. The number of aliphatic hydroxyl groups is 2. The van der Waals surface area contributed by atoms with Crippen molar-refractivity contribution in [2.24, 2.45) is 0 Å². The number of aromatic nitrogens is 4. The Morgan fingerprint density at radius 2 is 2.10 bits per heavy atom.